The molecule has 2 nitrogen and oxygen atoms in total. The molecule has 0 atom stereocenters. The zero-order valence-electron chi connectivity index (χ0n) is 12.4. The van der Waals surface area contributed by atoms with Crippen molar-refractivity contribution in [2.24, 2.45) is 0 Å². The molecule has 21 heavy (non-hydrogen) atoms. The van der Waals surface area contributed by atoms with Crippen LogP contribution in [0.3, 0.4) is 0 Å². The highest BCUT2D eigenvalue weighted by atomic mass is 16.3. The van der Waals surface area contributed by atoms with Crippen LogP contribution in [0.25, 0.3) is 5.57 Å². The lowest BCUT2D eigenvalue weighted by molar-refractivity contribution is -0.103. The number of rotatable bonds is 5. The normalized spacial score (nSPS) is 11.7. The quantitative estimate of drug-likeness (QED) is 0.653. The van der Waals surface area contributed by atoms with Crippen molar-refractivity contribution in [1.82, 2.24) is 0 Å². The van der Waals surface area contributed by atoms with Crippen LogP contribution >= 0.6 is 0 Å². The Balaban J connectivity index is 2.14. The molecule has 0 bridgehead atoms. The Bertz CT molecular complexity index is 620. The van der Waals surface area contributed by atoms with Gasteiger partial charge >= 0.3 is 0 Å². The molecule has 0 amide bonds. The number of allylic oxidation sites excluding steroid dienone is 2. The second kappa shape index (κ2) is 6.89. The van der Waals surface area contributed by atoms with Crippen LogP contribution in [0.2, 0.25) is 0 Å². The second-order valence-corrected chi connectivity index (χ2v) is 5.42. The van der Waals surface area contributed by atoms with Gasteiger partial charge in [0.25, 0.3) is 0 Å². The van der Waals surface area contributed by atoms with Crippen LogP contribution in [0.1, 0.15) is 36.5 Å². The van der Waals surface area contributed by atoms with Crippen LogP contribution in [-0.2, 0) is 11.2 Å². The van der Waals surface area contributed by atoms with Crippen molar-refractivity contribution in [3.05, 3.63) is 71.3 Å². The summed E-state index contributed by atoms with van der Waals surface area (Å²) in [5.74, 6) is 0.727. The van der Waals surface area contributed by atoms with Gasteiger partial charge in [-0.25, -0.2) is 0 Å². The maximum absolute atomic E-state index is 11.2. The van der Waals surface area contributed by atoms with E-state index in [1.165, 1.54) is 11.1 Å². The molecule has 2 aromatic rings. The fraction of sp³-hybridized carbons (Fsp3) is 0.211. The van der Waals surface area contributed by atoms with Gasteiger partial charge in [0.2, 0.25) is 0 Å². The summed E-state index contributed by atoms with van der Waals surface area (Å²) in [6.07, 6.45) is 3.49. The van der Waals surface area contributed by atoms with Crippen molar-refractivity contribution in [3.8, 4) is 5.75 Å². The molecule has 0 aliphatic heterocycles. The number of hydrogen-bond donors (Lipinski definition) is 1. The van der Waals surface area contributed by atoms with Gasteiger partial charge < -0.3 is 5.11 Å². The van der Waals surface area contributed by atoms with E-state index in [4.69, 9.17) is 0 Å². The molecule has 2 heteroatoms. The van der Waals surface area contributed by atoms with Gasteiger partial charge in [-0.05, 0) is 41.2 Å². The largest absolute Gasteiger partial charge is 0.508 e. The number of benzene rings is 2. The van der Waals surface area contributed by atoms with E-state index >= 15 is 0 Å². The first kappa shape index (κ1) is 15.0. The minimum atomic E-state index is 0.202. The number of carbonyl (C=O) groups is 1. The standard InChI is InChI=1S/C19H20O2/c1-14(2)16-6-3-15(4-7-16)5-8-18(13-20)17-9-11-19(21)12-10-17/h3-4,6-14,21H,5H2,1-2H3. The van der Waals surface area contributed by atoms with Crippen LogP contribution < -0.4 is 0 Å². The molecule has 0 aliphatic carbocycles. The monoisotopic (exact) mass is 280 g/mol. The summed E-state index contributed by atoms with van der Waals surface area (Å²) in [6, 6.07) is 15.1. The summed E-state index contributed by atoms with van der Waals surface area (Å²) in [4.78, 5) is 11.2. The van der Waals surface area contributed by atoms with Gasteiger partial charge in [-0.3, -0.25) is 4.79 Å². The first-order chi connectivity index (χ1) is 10.1. The summed E-state index contributed by atoms with van der Waals surface area (Å²) in [5.41, 5.74) is 3.96. The predicted molar refractivity (Wildman–Crippen MR) is 86.4 cm³/mol. The Morgan fingerprint density at radius 1 is 1.05 bits per heavy atom. The lowest BCUT2D eigenvalue weighted by Crippen LogP contribution is -1.90. The first-order valence-corrected chi connectivity index (χ1v) is 7.13. The Labute approximate surface area is 125 Å². The molecular weight excluding hydrogens is 260 g/mol. The fourth-order valence-corrected chi connectivity index (χ4v) is 2.15. The number of hydrogen-bond acceptors (Lipinski definition) is 2. The van der Waals surface area contributed by atoms with Crippen molar-refractivity contribution in [2.45, 2.75) is 26.2 Å². The van der Waals surface area contributed by atoms with E-state index in [0.29, 0.717) is 17.9 Å². The zero-order valence-corrected chi connectivity index (χ0v) is 12.4. The van der Waals surface area contributed by atoms with E-state index in [0.717, 1.165) is 11.8 Å². The molecule has 0 fully saturated rings. The van der Waals surface area contributed by atoms with Gasteiger partial charge in [-0.2, -0.15) is 0 Å². The second-order valence-electron chi connectivity index (χ2n) is 5.42. The lowest BCUT2D eigenvalue weighted by atomic mass is 9.99. The van der Waals surface area contributed by atoms with E-state index in [1.807, 2.05) is 6.08 Å². The summed E-state index contributed by atoms with van der Waals surface area (Å²) in [6.45, 7) is 4.34. The van der Waals surface area contributed by atoms with Gasteiger partial charge in [-0.15, -0.1) is 0 Å². The molecule has 0 aromatic heterocycles. The molecule has 0 saturated heterocycles. The molecule has 108 valence electrons. The van der Waals surface area contributed by atoms with E-state index in [2.05, 4.69) is 38.1 Å². The minimum Gasteiger partial charge on any atom is -0.508 e. The molecule has 2 rings (SSSR count). The van der Waals surface area contributed by atoms with Crippen molar-refractivity contribution in [2.75, 3.05) is 0 Å². The Morgan fingerprint density at radius 2 is 1.67 bits per heavy atom. The summed E-state index contributed by atoms with van der Waals surface area (Å²) in [5, 5.41) is 9.28. The number of carbonyl (C=O) groups excluding carboxylic acids is 1. The average molecular weight is 280 g/mol. The topological polar surface area (TPSA) is 37.3 Å². The summed E-state index contributed by atoms with van der Waals surface area (Å²) in [7, 11) is 0. The van der Waals surface area contributed by atoms with E-state index in [-0.39, 0.29) is 5.75 Å². The van der Waals surface area contributed by atoms with Gasteiger partial charge in [0.05, 0.1) is 0 Å². The number of aromatic hydroxyl groups is 1. The van der Waals surface area contributed by atoms with Gasteiger partial charge in [-0.1, -0.05) is 56.3 Å². The highest BCUT2D eigenvalue weighted by Crippen LogP contribution is 2.18. The van der Waals surface area contributed by atoms with E-state index in [1.54, 1.807) is 24.3 Å². The highest BCUT2D eigenvalue weighted by Gasteiger charge is 2.02. The molecule has 1 N–H and O–H groups in total. The zero-order chi connectivity index (χ0) is 15.2. The van der Waals surface area contributed by atoms with Gasteiger partial charge in [0.1, 0.15) is 12.0 Å². The van der Waals surface area contributed by atoms with E-state index < -0.39 is 0 Å². The molecular formula is C19H20O2. The van der Waals surface area contributed by atoms with Crippen molar-refractivity contribution >= 4 is 11.9 Å². The summed E-state index contributed by atoms with van der Waals surface area (Å²) < 4.78 is 0. The molecule has 2 aromatic carbocycles. The molecule has 0 aliphatic rings. The van der Waals surface area contributed by atoms with Crippen LogP contribution in [0.5, 0.6) is 5.75 Å². The number of phenols is 1. The van der Waals surface area contributed by atoms with Crippen molar-refractivity contribution < 1.29 is 9.90 Å². The third-order valence-corrected chi connectivity index (χ3v) is 3.53. The Hall–Kier alpha value is -2.35. The molecule has 0 heterocycles. The predicted octanol–water partition coefficient (Wildman–Crippen LogP) is 4.34. The Kier molecular flexibility index (Phi) is 4.94. The minimum absolute atomic E-state index is 0.202. The average Bonchev–Trinajstić information content (AvgIpc) is 2.50. The SMILES string of the molecule is CC(C)c1ccc(CC=C(C=O)c2ccc(O)cc2)cc1. The molecule has 0 saturated carbocycles. The van der Waals surface area contributed by atoms with Crippen molar-refractivity contribution in [1.29, 1.82) is 0 Å². The fourth-order valence-electron chi connectivity index (χ4n) is 2.15. The maximum atomic E-state index is 11.2. The van der Waals surface area contributed by atoms with Gasteiger partial charge in [0, 0.05) is 5.57 Å². The highest BCUT2D eigenvalue weighted by molar-refractivity contribution is 6.06. The van der Waals surface area contributed by atoms with E-state index in [9.17, 15) is 9.90 Å². The Morgan fingerprint density at radius 3 is 2.19 bits per heavy atom. The lowest BCUT2D eigenvalue weighted by Gasteiger charge is -2.06. The smallest absolute Gasteiger partial charge is 0.150 e. The first-order valence-electron chi connectivity index (χ1n) is 7.13. The number of aldehydes is 1. The maximum Gasteiger partial charge on any atom is 0.150 e. The van der Waals surface area contributed by atoms with Crippen molar-refractivity contribution in [3.63, 3.8) is 0 Å². The van der Waals surface area contributed by atoms with Crippen LogP contribution in [0.15, 0.2) is 54.6 Å². The molecule has 0 radical (unpaired) electrons. The third-order valence-electron chi connectivity index (χ3n) is 3.53. The van der Waals surface area contributed by atoms with Crippen LogP contribution in [0.4, 0.5) is 0 Å². The van der Waals surface area contributed by atoms with Crippen LogP contribution in [-0.4, -0.2) is 11.4 Å². The third kappa shape index (κ3) is 4.06. The number of phenolic OH excluding ortho intramolecular Hbond substituents is 1. The van der Waals surface area contributed by atoms with Gasteiger partial charge in [0.15, 0.2) is 0 Å². The van der Waals surface area contributed by atoms with Crippen LogP contribution in [0, 0.1) is 0 Å². The summed E-state index contributed by atoms with van der Waals surface area (Å²) >= 11 is 0. The molecule has 0 unspecified atom stereocenters. The molecule has 0 spiro atoms.